The molecule has 2 atom stereocenters. The van der Waals surface area contributed by atoms with Gasteiger partial charge in [0.15, 0.2) is 0 Å². The van der Waals surface area contributed by atoms with Crippen LogP contribution in [0.5, 0.6) is 0 Å². The second-order valence-corrected chi connectivity index (χ2v) is 9.44. The Morgan fingerprint density at radius 3 is 2.41 bits per heavy atom. The Kier molecular flexibility index (Phi) is 6.10. The number of carbonyl (C=O) groups is 1. The number of fused-ring (bicyclic) bond motifs is 2. The quantitative estimate of drug-likeness (QED) is 0.475. The molecule has 2 fully saturated rings. The number of rotatable bonds is 7. The maximum absolute atomic E-state index is 12.4. The summed E-state index contributed by atoms with van der Waals surface area (Å²) in [4.78, 5) is 13.7. The number of hydrogen-bond donors (Lipinski definition) is 2. The lowest BCUT2D eigenvalue weighted by Gasteiger charge is -2.36. The standard InChI is InChI=1S/C15H28N2O3S.ClH/c1-14(2)12-6-7-15(14,13(18)10-12)11-21(19,20)16-8-5-9-17(3)4;/h12,16H,5-11H2,1-4H3;1H. The molecule has 2 aliphatic carbocycles. The van der Waals surface area contributed by atoms with Crippen molar-refractivity contribution in [3.8, 4) is 0 Å². The van der Waals surface area contributed by atoms with E-state index in [1.54, 1.807) is 0 Å². The largest absolute Gasteiger partial charge is 1.00 e. The van der Waals surface area contributed by atoms with Crippen molar-refractivity contribution in [3.05, 3.63) is 0 Å². The van der Waals surface area contributed by atoms with E-state index in [4.69, 9.17) is 0 Å². The zero-order chi connectivity index (χ0) is 15.9. The molecule has 22 heavy (non-hydrogen) atoms. The SMILES string of the molecule is C[NH+](C)CCCNS(=O)(=O)CC12CCC(CC1=O)C2(C)C.[Cl-]. The first-order valence-electron chi connectivity index (χ1n) is 7.90. The number of hydrogen-bond acceptors (Lipinski definition) is 3. The Morgan fingerprint density at radius 1 is 1.32 bits per heavy atom. The van der Waals surface area contributed by atoms with Crippen molar-refractivity contribution in [1.82, 2.24) is 4.72 Å². The second-order valence-electron chi connectivity index (χ2n) is 7.63. The summed E-state index contributed by atoms with van der Waals surface area (Å²) in [7, 11) is 0.704. The van der Waals surface area contributed by atoms with Crippen molar-refractivity contribution < 1.29 is 30.5 Å². The molecule has 0 heterocycles. The molecule has 0 amide bonds. The van der Waals surface area contributed by atoms with Gasteiger partial charge in [-0.3, -0.25) is 4.79 Å². The molecule has 2 N–H and O–H groups in total. The smallest absolute Gasteiger partial charge is 0.212 e. The lowest BCUT2D eigenvalue weighted by molar-refractivity contribution is -0.858. The molecular weight excluding hydrogens is 324 g/mol. The summed E-state index contributed by atoms with van der Waals surface area (Å²) in [5.41, 5.74) is -0.844. The maximum atomic E-state index is 12.4. The van der Waals surface area contributed by atoms with E-state index in [1.807, 2.05) is 14.1 Å². The molecule has 2 saturated carbocycles. The third-order valence-corrected chi connectivity index (χ3v) is 7.27. The predicted octanol–water partition coefficient (Wildman–Crippen LogP) is -3.16. The van der Waals surface area contributed by atoms with Crippen molar-refractivity contribution >= 4 is 15.8 Å². The molecular formula is C15H29ClN2O3S. The molecule has 0 saturated heterocycles. The number of sulfonamides is 1. The molecule has 0 radical (unpaired) electrons. The first-order chi connectivity index (χ1) is 9.61. The summed E-state index contributed by atoms with van der Waals surface area (Å²) >= 11 is 0. The molecule has 2 bridgehead atoms. The molecule has 2 rings (SSSR count). The van der Waals surface area contributed by atoms with Crippen LogP contribution < -0.4 is 22.0 Å². The van der Waals surface area contributed by atoms with Crippen LogP contribution in [0.25, 0.3) is 0 Å². The van der Waals surface area contributed by atoms with Gasteiger partial charge in [-0.2, -0.15) is 0 Å². The monoisotopic (exact) mass is 352 g/mol. The Balaban J connectivity index is 0.00000242. The average Bonchev–Trinajstić information content (AvgIpc) is 2.68. The van der Waals surface area contributed by atoms with E-state index >= 15 is 0 Å². The molecule has 5 nitrogen and oxygen atoms in total. The fraction of sp³-hybridized carbons (Fsp3) is 0.933. The van der Waals surface area contributed by atoms with Crippen LogP contribution in [0.2, 0.25) is 0 Å². The highest BCUT2D eigenvalue weighted by Gasteiger charge is 2.65. The third-order valence-electron chi connectivity index (χ3n) is 5.75. The highest BCUT2D eigenvalue weighted by molar-refractivity contribution is 7.89. The number of quaternary nitrogens is 1. The van der Waals surface area contributed by atoms with Gasteiger partial charge in [0.2, 0.25) is 10.0 Å². The summed E-state index contributed by atoms with van der Waals surface area (Å²) in [5.74, 6) is 0.487. The highest BCUT2D eigenvalue weighted by Crippen LogP contribution is 2.64. The molecule has 2 aliphatic rings. The van der Waals surface area contributed by atoms with Crippen LogP contribution in [0.3, 0.4) is 0 Å². The summed E-state index contributed by atoms with van der Waals surface area (Å²) in [6, 6.07) is 0. The van der Waals surface area contributed by atoms with E-state index in [0.717, 1.165) is 25.8 Å². The van der Waals surface area contributed by atoms with Gasteiger partial charge in [0.05, 0.1) is 26.4 Å². The zero-order valence-corrected chi connectivity index (χ0v) is 15.6. The number of ketones is 1. The van der Waals surface area contributed by atoms with E-state index < -0.39 is 15.4 Å². The van der Waals surface area contributed by atoms with Gasteiger partial charge in [-0.15, -0.1) is 0 Å². The van der Waals surface area contributed by atoms with Gasteiger partial charge < -0.3 is 17.3 Å². The van der Waals surface area contributed by atoms with Crippen molar-refractivity contribution in [3.63, 3.8) is 0 Å². The molecule has 0 spiro atoms. The van der Waals surface area contributed by atoms with Crippen LogP contribution in [-0.4, -0.2) is 47.1 Å². The molecule has 0 aromatic carbocycles. The minimum Gasteiger partial charge on any atom is -1.00 e. The van der Waals surface area contributed by atoms with Gasteiger partial charge >= 0.3 is 0 Å². The van der Waals surface area contributed by atoms with Crippen LogP contribution >= 0.6 is 0 Å². The first kappa shape index (κ1) is 19.9. The maximum Gasteiger partial charge on any atom is 0.212 e. The molecule has 0 aromatic heterocycles. The molecule has 0 aliphatic heterocycles. The van der Waals surface area contributed by atoms with E-state index in [0.29, 0.717) is 18.9 Å². The van der Waals surface area contributed by atoms with Gasteiger partial charge in [0.1, 0.15) is 5.78 Å². The summed E-state index contributed by atoms with van der Waals surface area (Å²) in [6.07, 6.45) is 3.09. The lowest BCUT2D eigenvalue weighted by atomic mass is 9.70. The van der Waals surface area contributed by atoms with Crippen LogP contribution in [0, 0.1) is 16.7 Å². The second kappa shape index (κ2) is 6.75. The van der Waals surface area contributed by atoms with E-state index in [1.165, 1.54) is 4.90 Å². The number of nitrogens with one attached hydrogen (secondary N) is 2. The summed E-state index contributed by atoms with van der Waals surface area (Å²) in [6.45, 7) is 5.53. The van der Waals surface area contributed by atoms with E-state index in [9.17, 15) is 13.2 Å². The summed E-state index contributed by atoms with van der Waals surface area (Å²) < 4.78 is 27.4. The fourth-order valence-corrected chi connectivity index (χ4v) is 6.04. The van der Waals surface area contributed by atoms with Gasteiger partial charge in [-0.25, -0.2) is 13.1 Å². The van der Waals surface area contributed by atoms with Crippen molar-refractivity contribution in [1.29, 1.82) is 0 Å². The normalized spacial score (nSPS) is 29.9. The molecule has 2 unspecified atom stereocenters. The highest BCUT2D eigenvalue weighted by atomic mass is 35.5. The van der Waals surface area contributed by atoms with E-state index in [2.05, 4.69) is 18.6 Å². The number of Topliss-reactive ketones (excluding diaryl/α,β-unsaturated/α-hetero) is 1. The van der Waals surface area contributed by atoms with Gasteiger partial charge in [-0.05, 0) is 24.2 Å². The zero-order valence-electron chi connectivity index (χ0n) is 14.0. The Hall–Kier alpha value is -0.170. The van der Waals surface area contributed by atoms with Crippen molar-refractivity contribution in [2.45, 2.75) is 39.5 Å². The topological polar surface area (TPSA) is 67.7 Å². The number of carbonyl (C=O) groups excluding carboxylic acids is 1. The van der Waals surface area contributed by atoms with Crippen LogP contribution in [0.4, 0.5) is 0 Å². The lowest BCUT2D eigenvalue weighted by Crippen LogP contribution is -3.05. The number of halogens is 1. The summed E-state index contributed by atoms with van der Waals surface area (Å²) in [5, 5.41) is 0. The van der Waals surface area contributed by atoms with E-state index in [-0.39, 0.29) is 29.4 Å². The molecule has 7 heteroatoms. The Bertz CT molecular complexity index is 519. The van der Waals surface area contributed by atoms with Crippen molar-refractivity contribution in [2.75, 3.05) is 32.9 Å². The minimum absolute atomic E-state index is 0. The van der Waals surface area contributed by atoms with Gasteiger partial charge in [-0.1, -0.05) is 13.8 Å². The molecule has 130 valence electrons. The van der Waals surface area contributed by atoms with Crippen LogP contribution in [-0.2, 0) is 14.8 Å². The first-order valence-corrected chi connectivity index (χ1v) is 9.56. The molecule has 0 aromatic rings. The van der Waals surface area contributed by atoms with Crippen LogP contribution in [0.15, 0.2) is 0 Å². The third kappa shape index (κ3) is 3.50. The Labute approximate surface area is 140 Å². The Morgan fingerprint density at radius 2 is 1.95 bits per heavy atom. The fourth-order valence-electron chi connectivity index (χ4n) is 4.15. The minimum atomic E-state index is -3.39. The van der Waals surface area contributed by atoms with Crippen molar-refractivity contribution in [2.24, 2.45) is 16.7 Å². The predicted molar refractivity (Wildman–Crippen MR) is 82.6 cm³/mol. The average molecular weight is 353 g/mol. The van der Waals surface area contributed by atoms with Gasteiger partial charge in [0, 0.05) is 24.8 Å². The van der Waals surface area contributed by atoms with Crippen LogP contribution in [0.1, 0.15) is 39.5 Å². The van der Waals surface area contributed by atoms with Gasteiger partial charge in [0.25, 0.3) is 0 Å².